The molecule has 3 heterocycles. The highest BCUT2D eigenvalue weighted by atomic mass is 19.4. The topological polar surface area (TPSA) is 45.7 Å². The number of pyridine rings is 1. The van der Waals surface area contributed by atoms with Gasteiger partial charge >= 0.3 is 12.1 Å². The average molecular weight is 530 g/mol. The zero-order chi connectivity index (χ0) is 26.8. The first kappa shape index (κ1) is 27.2. The van der Waals surface area contributed by atoms with Crippen LogP contribution in [0.2, 0.25) is 0 Å². The average Bonchev–Trinajstić information content (AvgIpc) is 3.28. The predicted octanol–water partition coefficient (Wildman–Crippen LogP) is 5.80. The molecule has 1 amide bonds. The van der Waals surface area contributed by atoms with E-state index in [0.717, 1.165) is 17.7 Å². The number of amides is 1. The van der Waals surface area contributed by atoms with Crippen LogP contribution >= 0.6 is 0 Å². The lowest BCUT2D eigenvalue weighted by Crippen LogP contribution is -2.49. The summed E-state index contributed by atoms with van der Waals surface area (Å²) in [6.07, 6.45) is -1.37. The second kappa shape index (κ2) is 10.9. The number of benzene rings is 1. The van der Waals surface area contributed by atoms with Gasteiger partial charge in [0.1, 0.15) is 11.6 Å². The van der Waals surface area contributed by atoms with Crippen LogP contribution in [0.3, 0.4) is 0 Å². The zero-order valence-electron chi connectivity index (χ0n) is 20.4. The molecule has 2 aromatic rings. The van der Waals surface area contributed by atoms with Gasteiger partial charge in [-0.1, -0.05) is 6.07 Å². The maximum atomic E-state index is 14.7. The first-order valence-corrected chi connectivity index (χ1v) is 12.3. The van der Waals surface area contributed by atoms with Crippen LogP contribution in [0.1, 0.15) is 43.0 Å². The lowest BCUT2D eigenvalue weighted by atomic mass is 9.97. The van der Waals surface area contributed by atoms with E-state index in [2.05, 4.69) is 4.98 Å². The molecule has 0 unspecified atom stereocenters. The van der Waals surface area contributed by atoms with Crippen molar-refractivity contribution in [1.29, 1.82) is 0 Å². The minimum Gasteiger partial charge on any atom is -0.492 e. The van der Waals surface area contributed by atoms with E-state index in [1.807, 2.05) is 6.92 Å². The van der Waals surface area contributed by atoms with Gasteiger partial charge in [0.2, 0.25) is 0 Å². The van der Waals surface area contributed by atoms with E-state index in [0.29, 0.717) is 36.4 Å². The summed E-state index contributed by atoms with van der Waals surface area (Å²) in [5.41, 5.74) is 1.04. The van der Waals surface area contributed by atoms with Crippen molar-refractivity contribution in [1.82, 2.24) is 14.8 Å². The van der Waals surface area contributed by atoms with Crippen LogP contribution in [-0.4, -0.2) is 71.6 Å². The molecule has 1 aromatic carbocycles. The molecule has 2 aliphatic rings. The number of nitrogens with zero attached hydrogens (tertiary/aromatic N) is 3. The minimum atomic E-state index is -5.55. The van der Waals surface area contributed by atoms with Crippen LogP contribution in [0.15, 0.2) is 36.5 Å². The third-order valence-electron chi connectivity index (χ3n) is 7.08. The first-order valence-electron chi connectivity index (χ1n) is 12.3. The molecule has 202 valence electrons. The SMILES string of the molecule is C[C@H]1CCCN1C(=O)c1ccc(-c2ccc(OCC3CCN(CC(F)(F)C(F)(F)F)CC3)cn2)cc1F. The van der Waals surface area contributed by atoms with E-state index >= 15 is 0 Å². The van der Waals surface area contributed by atoms with Crippen molar-refractivity contribution in [3.63, 3.8) is 0 Å². The van der Waals surface area contributed by atoms with Crippen molar-refractivity contribution in [2.24, 2.45) is 5.92 Å². The fraction of sp³-hybridized carbons (Fsp3) is 0.538. The number of alkyl halides is 5. The third kappa shape index (κ3) is 6.37. The lowest BCUT2D eigenvalue weighted by molar-refractivity contribution is -0.287. The fourth-order valence-corrected chi connectivity index (χ4v) is 4.77. The van der Waals surface area contributed by atoms with E-state index in [-0.39, 0.29) is 43.1 Å². The zero-order valence-corrected chi connectivity index (χ0v) is 20.4. The molecule has 0 aliphatic carbocycles. The molecule has 0 bridgehead atoms. The van der Waals surface area contributed by atoms with Gasteiger partial charge in [0.05, 0.1) is 30.6 Å². The molecule has 1 atom stereocenters. The quantitative estimate of drug-likeness (QED) is 0.426. The summed E-state index contributed by atoms with van der Waals surface area (Å²) in [5.74, 6) is -5.17. The Morgan fingerprint density at radius 3 is 2.35 bits per heavy atom. The standard InChI is InChI=1S/C26H29F6N3O2/c1-17-3-2-10-35(17)24(36)21-6-4-19(13-22(21)27)23-7-5-20(14-33-23)37-15-18-8-11-34(12-9-18)16-25(28,29)26(30,31)32/h4-7,13-14,17-18H,2-3,8-12,15-16H2,1H3/t17-/m0/s1. The molecule has 2 aliphatic heterocycles. The number of halogens is 6. The third-order valence-corrected chi connectivity index (χ3v) is 7.08. The largest absolute Gasteiger partial charge is 0.492 e. The van der Waals surface area contributed by atoms with Crippen LogP contribution in [0, 0.1) is 11.7 Å². The predicted molar refractivity (Wildman–Crippen MR) is 125 cm³/mol. The van der Waals surface area contributed by atoms with Crippen LogP contribution < -0.4 is 4.74 Å². The van der Waals surface area contributed by atoms with Crippen molar-refractivity contribution in [2.45, 2.75) is 50.7 Å². The molecule has 11 heteroatoms. The molecule has 1 aromatic heterocycles. The van der Waals surface area contributed by atoms with Crippen LogP contribution in [0.25, 0.3) is 11.3 Å². The van der Waals surface area contributed by atoms with Gasteiger partial charge in [0.25, 0.3) is 5.91 Å². The Morgan fingerprint density at radius 2 is 1.78 bits per heavy atom. The van der Waals surface area contributed by atoms with Crippen molar-refractivity contribution >= 4 is 5.91 Å². The van der Waals surface area contributed by atoms with Gasteiger partial charge in [-0.15, -0.1) is 0 Å². The molecule has 0 N–H and O–H groups in total. The number of hydrogen-bond donors (Lipinski definition) is 0. The summed E-state index contributed by atoms with van der Waals surface area (Å²) < 4.78 is 84.2. The van der Waals surface area contributed by atoms with Gasteiger partial charge in [0.15, 0.2) is 0 Å². The number of carbonyl (C=O) groups excluding carboxylic acids is 1. The molecule has 37 heavy (non-hydrogen) atoms. The highest BCUT2D eigenvalue weighted by molar-refractivity contribution is 5.95. The second-order valence-corrected chi connectivity index (χ2v) is 9.80. The molecule has 0 spiro atoms. The van der Waals surface area contributed by atoms with Crippen molar-refractivity contribution < 1.29 is 35.9 Å². The summed E-state index contributed by atoms with van der Waals surface area (Å²) >= 11 is 0. The highest BCUT2D eigenvalue weighted by Gasteiger charge is 2.58. The van der Waals surface area contributed by atoms with Crippen molar-refractivity contribution in [2.75, 3.05) is 32.8 Å². The smallest absolute Gasteiger partial charge is 0.454 e. The van der Waals surface area contributed by atoms with Gasteiger partial charge in [-0.25, -0.2) is 4.39 Å². The maximum Gasteiger partial charge on any atom is 0.454 e. The minimum absolute atomic E-state index is 0.0212. The maximum absolute atomic E-state index is 14.7. The van der Waals surface area contributed by atoms with E-state index < -0.39 is 24.5 Å². The molecule has 0 radical (unpaired) electrons. The number of aromatic nitrogens is 1. The molecule has 0 saturated carbocycles. The fourth-order valence-electron chi connectivity index (χ4n) is 4.77. The molecule has 2 fully saturated rings. The Morgan fingerprint density at radius 1 is 1.05 bits per heavy atom. The lowest BCUT2D eigenvalue weighted by Gasteiger charge is -2.34. The number of hydrogen-bond acceptors (Lipinski definition) is 4. The number of carbonyl (C=O) groups is 1. The number of likely N-dealkylation sites (tertiary alicyclic amines) is 2. The monoisotopic (exact) mass is 529 g/mol. The number of rotatable bonds is 7. The Bertz CT molecular complexity index is 1080. The number of ether oxygens (including phenoxy) is 1. The van der Waals surface area contributed by atoms with E-state index in [1.165, 1.54) is 18.3 Å². The molecule has 5 nitrogen and oxygen atoms in total. The molecular weight excluding hydrogens is 500 g/mol. The summed E-state index contributed by atoms with van der Waals surface area (Å²) in [5, 5.41) is 0. The normalized spacial score (nSPS) is 19.9. The summed E-state index contributed by atoms with van der Waals surface area (Å²) in [4.78, 5) is 19.8. The Balaban J connectivity index is 1.28. The summed E-state index contributed by atoms with van der Waals surface area (Å²) in [6, 6.07) is 7.83. The molecule has 4 rings (SSSR count). The molecular formula is C26H29F6N3O2. The van der Waals surface area contributed by atoms with Gasteiger partial charge < -0.3 is 9.64 Å². The summed E-state index contributed by atoms with van der Waals surface area (Å²) in [6.45, 7) is 1.80. The van der Waals surface area contributed by atoms with Crippen molar-refractivity contribution in [3.05, 3.63) is 47.9 Å². The summed E-state index contributed by atoms with van der Waals surface area (Å²) in [7, 11) is 0. The molecule has 2 saturated heterocycles. The Kier molecular flexibility index (Phi) is 8.01. The first-order chi connectivity index (χ1) is 17.4. The van der Waals surface area contributed by atoms with E-state index in [1.54, 1.807) is 23.1 Å². The highest BCUT2D eigenvalue weighted by Crippen LogP contribution is 2.36. The van der Waals surface area contributed by atoms with Crippen LogP contribution in [0.5, 0.6) is 5.75 Å². The van der Waals surface area contributed by atoms with E-state index in [9.17, 15) is 31.1 Å². The van der Waals surface area contributed by atoms with Gasteiger partial charge in [0, 0.05) is 18.2 Å². The second-order valence-electron chi connectivity index (χ2n) is 9.80. The Hall–Kier alpha value is -2.82. The number of piperidine rings is 1. The van der Waals surface area contributed by atoms with E-state index in [4.69, 9.17) is 4.74 Å². The van der Waals surface area contributed by atoms with Gasteiger partial charge in [-0.2, -0.15) is 22.0 Å². The van der Waals surface area contributed by atoms with Gasteiger partial charge in [-0.3, -0.25) is 14.7 Å². The van der Waals surface area contributed by atoms with Crippen LogP contribution in [-0.2, 0) is 0 Å². The Labute approximate surface area is 211 Å². The van der Waals surface area contributed by atoms with Crippen LogP contribution in [0.4, 0.5) is 26.3 Å². The van der Waals surface area contributed by atoms with Gasteiger partial charge in [-0.05, 0) is 75.9 Å². The van der Waals surface area contributed by atoms with Crippen molar-refractivity contribution in [3.8, 4) is 17.0 Å².